The minimum Gasteiger partial charge on any atom is -0.462 e. The van der Waals surface area contributed by atoms with Gasteiger partial charge in [-0.25, -0.2) is 0 Å². The number of esters is 2. The summed E-state index contributed by atoms with van der Waals surface area (Å²) in [6.07, 6.45) is 24.1. The molecule has 4 unspecified atom stereocenters. The molecular formula is C54H100O15. The summed E-state index contributed by atoms with van der Waals surface area (Å²) in [5.41, 5.74) is 0. The van der Waals surface area contributed by atoms with Crippen molar-refractivity contribution in [3.05, 3.63) is 12.7 Å². The summed E-state index contributed by atoms with van der Waals surface area (Å²) in [6, 6.07) is 0. The van der Waals surface area contributed by atoms with E-state index in [4.69, 9.17) is 28.4 Å². The lowest BCUT2D eigenvalue weighted by Gasteiger charge is -2.42. The monoisotopic (exact) mass is 989 g/mol. The van der Waals surface area contributed by atoms with E-state index in [0.717, 1.165) is 44.9 Å². The van der Waals surface area contributed by atoms with Gasteiger partial charge in [-0.1, -0.05) is 193 Å². The first-order chi connectivity index (χ1) is 33.5. The number of carbonyl (C=O) groups is 2. The molecule has 15 nitrogen and oxygen atoms in total. The Labute approximate surface area is 416 Å². The summed E-state index contributed by atoms with van der Waals surface area (Å²) in [6.45, 7) is 4.17. The average Bonchev–Trinajstić information content (AvgIpc) is 3.34. The van der Waals surface area contributed by atoms with Gasteiger partial charge in [-0.15, -0.1) is 6.58 Å². The van der Waals surface area contributed by atoms with E-state index in [2.05, 4.69) is 13.5 Å². The molecule has 2 rings (SSSR count). The lowest BCUT2D eigenvalue weighted by Crippen LogP contribution is -2.61. The summed E-state index contributed by atoms with van der Waals surface area (Å²) in [7, 11) is 0. The van der Waals surface area contributed by atoms with E-state index in [1.54, 1.807) is 0 Å². The van der Waals surface area contributed by atoms with E-state index in [1.807, 2.05) is 6.08 Å². The molecule has 0 aromatic carbocycles. The first-order valence-electron chi connectivity index (χ1n) is 27.7. The van der Waals surface area contributed by atoms with Crippen molar-refractivity contribution in [2.45, 2.75) is 293 Å². The highest BCUT2D eigenvalue weighted by Gasteiger charge is 2.47. The molecule has 2 fully saturated rings. The maximum absolute atomic E-state index is 13.0. The predicted molar refractivity (Wildman–Crippen MR) is 266 cm³/mol. The first kappa shape index (κ1) is 63.4. The number of aliphatic hydroxyl groups is 7. The number of hydrogen-bond donors (Lipinski definition) is 7. The molecule has 69 heavy (non-hydrogen) atoms. The minimum absolute atomic E-state index is 0.168. The van der Waals surface area contributed by atoms with Crippen molar-refractivity contribution < 1.29 is 73.8 Å². The fraction of sp³-hybridized carbons (Fsp3) is 0.926. The molecule has 15 heteroatoms. The Hall–Kier alpha value is -1.76. The lowest BCUT2D eigenvalue weighted by molar-refractivity contribution is -0.332. The van der Waals surface area contributed by atoms with Crippen LogP contribution in [0.2, 0.25) is 0 Å². The van der Waals surface area contributed by atoms with Crippen LogP contribution in [-0.4, -0.2) is 142 Å². The molecule has 2 aliphatic rings. The number of ether oxygens (including phenoxy) is 6. The fourth-order valence-electron chi connectivity index (χ4n) is 9.08. The number of hydrogen-bond acceptors (Lipinski definition) is 15. The number of rotatable bonds is 45. The van der Waals surface area contributed by atoms with Crippen LogP contribution in [0.3, 0.4) is 0 Å². The standard InChI is InChI=1S/C54H100O15/c1-3-5-7-9-11-13-15-17-19-20-21-23-24-26-28-30-32-34-36-45(56)64-39-42(67-46(57)37-35-33-31-29-27-25-22-18-16-14-12-10-8-6-4-2)40-65-53-52(63)50(61)48(59)44(69-53)41-66-54-51(62)49(60)47(58)43(38-55)68-54/h4,42-44,47-55,58-63H,2-3,5-41H2,1H3/t42-,43+,44+,47-,48-,49?,50?,51?,52?,53+,54+/m0/s1. The van der Waals surface area contributed by atoms with Crippen LogP contribution >= 0.6 is 0 Å². The molecule has 2 heterocycles. The normalized spacial score (nSPS) is 25.4. The van der Waals surface area contributed by atoms with Gasteiger partial charge in [-0.3, -0.25) is 9.59 Å². The van der Waals surface area contributed by atoms with E-state index < -0.39 is 92.7 Å². The topological polar surface area (TPSA) is 231 Å². The molecule has 2 aliphatic heterocycles. The van der Waals surface area contributed by atoms with Crippen LogP contribution in [0.5, 0.6) is 0 Å². The van der Waals surface area contributed by atoms with Crippen LogP contribution in [0.25, 0.3) is 0 Å². The second kappa shape index (κ2) is 41.7. The van der Waals surface area contributed by atoms with Gasteiger partial charge < -0.3 is 64.2 Å². The Kier molecular flexibility index (Phi) is 38.3. The van der Waals surface area contributed by atoms with Crippen LogP contribution in [0, 0.1) is 0 Å². The minimum atomic E-state index is -1.76. The van der Waals surface area contributed by atoms with E-state index >= 15 is 0 Å². The third-order valence-electron chi connectivity index (χ3n) is 13.6. The van der Waals surface area contributed by atoms with Gasteiger partial charge in [0.15, 0.2) is 18.7 Å². The molecule has 0 aromatic heterocycles. The molecular weight excluding hydrogens is 889 g/mol. The van der Waals surface area contributed by atoms with E-state index in [-0.39, 0.29) is 26.1 Å². The van der Waals surface area contributed by atoms with Gasteiger partial charge in [-0.2, -0.15) is 0 Å². The van der Waals surface area contributed by atoms with Crippen LogP contribution in [0.15, 0.2) is 12.7 Å². The molecule has 7 N–H and O–H groups in total. The van der Waals surface area contributed by atoms with Crippen LogP contribution in [0.1, 0.15) is 225 Å². The van der Waals surface area contributed by atoms with E-state index in [9.17, 15) is 45.3 Å². The third kappa shape index (κ3) is 29.5. The summed E-state index contributed by atoms with van der Waals surface area (Å²) in [4.78, 5) is 25.8. The second-order valence-electron chi connectivity index (χ2n) is 19.9. The predicted octanol–water partition coefficient (Wildman–Crippen LogP) is 8.55. The molecule has 0 amide bonds. The smallest absolute Gasteiger partial charge is 0.306 e. The summed E-state index contributed by atoms with van der Waals surface area (Å²) < 4.78 is 33.7. The highest BCUT2D eigenvalue weighted by atomic mass is 16.7. The van der Waals surface area contributed by atoms with Crippen molar-refractivity contribution in [3.63, 3.8) is 0 Å². The Morgan fingerprint density at radius 3 is 1.29 bits per heavy atom. The van der Waals surface area contributed by atoms with Crippen molar-refractivity contribution in [2.24, 2.45) is 0 Å². The van der Waals surface area contributed by atoms with Crippen molar-refractivity contribution in [1.29, 1.82) is 0 Å². The summed E-state index contributed by atoms with van der Waals surface area (Å²) >= 11 is 0. The van der Waals surface area contributed by atoms with Crippen LogP contribution < -0.4 is 0 Å². The number of carbonyl (C=O) groups excluding carboxylic acids is 2. The van der Waals surface area contributed by atoms with Crippen molar-refractivity contribution in [2.75, 3.05) is 26.4 Å². The largest absolute Gasteiger partial charge is 0.462 e. The summed E-state index contributed by atoms with van der Waals surface area (Å²) in [5, 5.41) is 72.2. The van der Waals surface area contributed by atoms with Gasteiger partial charge in [0.2, 0.25) is 0 Å². The molecule has 406 valence electrons. The van der Waals surface area contributed by atoms with Crippen molar-refractivity contribution >= 4 is 11.9 Å². The SMILES string of the molecule is C=CCCCCCCCCCCCCCCCC(=O)O[C@@H](COC(=O)CCCCCCCCCCCCCCCCCCCC)CO[C@@H]1O[C@H](CO[C@@H]2O[C@H](CO)[C@H](O)C(O)C2O)[C@H](O)C(O)C1O. The molecule has 0 aliphatic carbocycles. The van der Waals surface area contributed by atoms with Crippen molar-refractivity contribution in [3.8, 4) is 0 Å². The maximum atomic E-state index is 13.0. The molecule has 11 atom stereocenters. The molecule has 0 saturated carbocycles. The number of unbranched alkanes of at least 4 members (excludes halogenated alkanes) is 30. The van der Waals surface area contributed by atoms with Gasteiger partial charge in [0.05, 0.1) is 19.8 Å². The zero-order valence-corrected chi connectivity index (χ0v) is 42.9. The highest BCUT2D eigenvalue weighted by Crippen LogP contribution is 2.27. The van der Waals surface area contributed by atoms with Gasteiger partial charge >= 0.3 is 11.9 Å². The Balaban J connectivity index is 1.76. The third-order valence-corrected chi connectivity index (χ3v) is 13.6. The van der Waals surface area contributed by atoms with Gasteiger partial charge in [0, 0.05) is 12.8 Å². The Morgan fingerprint density at radius 1 is 0.478 bits per heavy atom. The van der Waals surface area contributed by atoms with Crippen LogP contribution in [0.4, 0.5) is 0 Å². The Bertz CT molecular complexity index is 1240. The molecule has 0 spiro atoms. The first-order valence-corrected chi connectivity index (χ1v) is 27.7. The summed E-state index contributed by atoms with van der Waals surface area (Å²) in [5.74, 6) is -0.913. The fourth-order valence-corrected chi connectivity index (χ4v) is 9.08. The van der Waals surface area contributed by atoms with Gasteiger partial charge in [0.1, 0.15) is 55.4 Å². The average molecular weight is 989 g/mol. The number of aliphatic hydroxyl groups excluding tert-OH is 7. The molecule has 0 aromatic rings. The van der Waals surface area contributed by atoms with Crippen LogP contribution in [-0.2, 0) is 38.0 Å². The molecule has 0 radical (unpaired) electrons. The maximum Gasteiger partial charge on any atom is 0.306 e. The Morgan fingerprint density at radius 2 is 0.855 bits per heavy atom. The zero-order chi connectivity index (χ0) is 50.3. The quantitative estimate of drug-likeness (QED) is 0.0172. The molecule has 2 saturated heterocycles. The van der Waals surface area contributed by atoms with Gasteiger partial charge in [-0.05, 0) is 25.7 Å². The van der Waals surface area contributed by atoms with E-state index in [0.29, 0.717) is 12.8 Å². The molecule has 0 bridgehead atoms. The van der Waals surface area contributed by atoms with E-state index in [1.165, 1.54) is 148 Å². The van der Waals surface area contributed by atoms with Crippen molar-refractivity contribution in [1.82, 2.24) is 0 Å². The highest BCUT2D eigenvalue weighted by molar-refractivity contribution is 5.70. The number of allylic oxidation sites excluding steroid dienone is 1. The van der Waals surface area contributed by atoms with Gasteiger partial charge in [0.25, 0.3) is 0 Å². The lowest BCUT2D eigenvalue weighted by atomic mass is 9.98. The second-order valence-corrected chi connectivity index (χ2v) is 19.9. The zero-order valence-electron chi connectivity index (χ0n) is 42.9.